The van der Waals surface area contributed by atoms with Crippen molar-refractivity contribution in [3.8, 4) is 0 Å². The predicted molar refractivity (Wildman–Crippen MR) is 62.6 cm³/mol. The average molecular weight is 230 g/mol. The maximum Gasteiger partial charge on any atom is 0.240 e. The summed E-state index contributed by atoms with van der Waals surface area (Å²) in [7, 11) is 0. The average Bonchev–Trinajstić information content (AvgIpc) is 2.30. The van der Waals surface area contributed by atoms with Crippen molar-refractivity contribution in [2.24, 2.45) is 0 Å². The van der Waals surface area contributed by atoms with Gasteiger partial charge in [0.25, 0.3) is 0 Å². The second-order valence-electron chi connectivity index (χ2n) is 4.69. The number of amides is 1. The Morgan fingerprint density at radius 3 is 2.88 bits per heavy atom. The van der Waals surface area contributed by atoms with Gasteiger partial charge in [-0.3, -0.25) is 9.59 Å². The summed E-state index contributed by atoms with van der Waals surface area (Å²) in [5.41, 5.74) is 1.60. The third-order valence-electron chi connectivity index (χ3n) is 3.55. The molecule has 3 saturated heterocycles. The predicted octanol–water partition coefficient (Wildman–Crippen LogP) is 0.572. The normalized spacial score (nSPS) is 26.6. The number of piperidine rings is 1. The molecule has 3 aliphatic heterocycles. The molecule has 4 rings (SSSR count). The van der Waals surface area contributed by atoms with Crippen molar-refractivity contribution >= 4 is 12.2 Å². The fourth-order valence-electron chi connectivity index (χ4n) is 2.56. The fraction of sp³-hybridized carbons (Fsp3) is 0.385. The van der Waals surface area contributed by atoms with Crippen LogP contribution in [0.2, 0.25) is 0 Å². The molecular weight excluding hydrogens is 216 g/mol. The van der Waals surface area contributed by atoms with Crippen molar-refractivity contribution in [1.29, 1.82) is 0 Å². The Morgan fingerprint density at radius 2 is 2.18 bits per heavy atom. The van der Waals surface area contributed by atoms with Gasteiger partial charge in [-0.1, -0.05) is 24.3 Å². The Bertz CT molecular complexity index is 466. The molecule has 88 valence electrons. The molecule has 17 heavy (non-hydrogen) atoms. The molecule has 0 spiro atoms. The van der Waals surface area contributed by atoms with Crippen LogP contribution in [0.15, 0.2) is 24.3 Å². The van der Waals surface area contributed by atoms with Crippen molar-refractivity contribution in [3.63, 3.8) is 0 Å². The number of carbonyl (C=O) groups is 2. The lowest BCUT2D eigenvalue weighted by atomic mass is 9.90. The van der Waals surface area contributed by atoms with E-state index in [-0.39, 0.29) is 11.9 Å². The molecule has 0 radical (unpaired) electrons. The van der Waals surface area contributed by atoms with Gasteiger partial charge in [0.15, 0.2) is 0 Å². The van der Waals surface area contributed by atoms with Crippen LogP contribution in [0.3, 0.4) is 0 Å². The van der Waals surface area contributed by atoms with Crippen LogP contribution in [-0.4, -0.2) is 35.7 Å². The van der Waals surface area contributed by atoms with Gasteiger partial charge in [-0.25, -0.2) is 0 Å². The number of rotatable bonds is 3. The molecule has 1 aromatic carbocycles. The number of hydrogen-bond acceptors (Lipinski definition) is 3. The molecule has 3 fully saturated rings. The van der Waals surface area contributed by atoms with E-state index in [2.05, 4.69) is 5.32 Å². The molecule has 1 amide bonds. The quantitative estimate of drug-likeness (QED) is 0.772. The number of piperazine rings is 1. The van der Waals surface area contributed by atoms with Crippen molar-refractivity contribution < 1.29 is 9.59 Å². The molecule has 0 aliphatic carbocycles. The maximum atomic E-state index is 11.9. The van der Waals surface area contributed by atoms with Crippen LogP contribution in [0, 0.1) is 0 Å². The van der Waals surface area contributed by atoms with Crippen LogP contribution in [0.25, 0.3) is 0 Å². The minimum absolute atomic E-state index is 0.0112. The first-order chi connectivity index (χ1) is 8.28. The summed E-state index contributed by atoms with van der Waals surface area (Å²) in [5.74, 6) is 0.160. The summed E-state index contributed by atoms with van der Waals surface area (Å²) < 4.78 is 0. The molecule has 1 N–H and O–H groups in total. The molecule has 4 nitrogen and oxygen atoms in total. The van der Waals surface area contributed by atoms with E-state index < -0.39 is 0 Å². The Morgan fingerprint density at radius 1 is 1.41 bits per heavy atom. The number of nitrogens with zero attached hydrogens (tertiary/aromatic N) is 1. The molecular formula is C13H14N2O2. The van der Waals surface area contributed by atoms with Crippen LogP contribution >= 0.6 is 0 Å². The van der Waals surface area contributed by atoms with Gasteiger partial charge in [0.2, 0.25) is 5.91 Å². The fourth-order valence-corrected chi connectivity index (χ4v) is 2.56. The highest BCUT2D eigenvalue weighted by Gasteiger charge is 2.42. The zero-order chi connectivity index (χ0) is 11.8. The van der Waals surface area contributed by atoms with E-state index in [9.17, 15) is 9.59 Å². The first kappa shape index (κ1) is 10.5. The molecule has 2 bridgehead atoms. The van der Waals surface area contributed by atoms with Gasteiger partial charge in [-0.05, 0) is 12.0 Å². The monoisotopic (exact) mass is 230 g/mol. The molecule has 4 heteroatoms. The van der Waals surface area contributed by atoms with E-state index in [0.29, 0.717) is 18.2 Å². The number of fused-ring (bicyclic) bond motifs is 2. The zero-order valence-corrected chi connectivity index (χ0v) is 9.43. The van der Waals surface area contributed by atoms with Crippen molar-refractivity contribution in [1.82, 2.24) is 10.2 Å². The number of hydrogen-bond donors (Lipinski definition) is 1. The molecule has 0 saturated carbocycles. The Hall–Kier alpha value is -1.68. The number of benzene rings is 1. The molecule has 2 unspecified atom stereocenters. The van der Waals surface area contributed by atoms with E-state index in [0.717, 1.165) is 24.8 Å². The van der Waals surface area contributed by atoms with Crippen LogP contribution in [0.5, 0.6) is 0 Å². The SMILES string of the molecule is O=Cc1ccccc1CN1CC2CC(N2)C1=O. The second-order valence-corrected chi connectivity index (χ2v) is 4.69. The highest BCUT2D eigenvalue weighted by Crippen LogP contribution is 2.24. The number of aldehydes is 1. The number of nitrogens with one attached hydrogen (secondary N) is 1. The van der Waals surface area contributed by atoms with Gasteiger partial charge in [0.05, 0.1) is 6.04 Å². The van der Waals surface area contributed by atoms with Crippen LogP contribution in [-0.2, 0) is 11.3 Å². The minimum atomic E-state index is 0.0112. The van der Waals surface area contributed by atoms with Crippen molar-refractivity contribution in [2.45, 2.75) is 25.0 Å². The van der Waals surface area contributed by atoms with E-state index in [1.54, 1.807) is 6.07 Å². The first-order valence-corrected chi connectivity index (χ1v) is 5.86. The van der Waals surface area contributed by atoms with E-state index in [1.165, 1.54) is 0 Å². The minimum Gasteiger partial charge on any atom is -0.335 e. The first-order valence-electron chi connectivity index (χ1n) is 5.86. The highest BCUT2D eigenvalue weighted by molar-refractivity contribution is 5.85. The van der Waals surface area contributed by atoms with Crippen molar-refractivity contribution in [2.75, 3.05) is 6.54 Å². The van der Waals surface area contributed by atoms with E-state index >= 15 is 0 Å². The topological polar surface area (TPSA) is 49.4 Å². The van der Waals surface area contributed by atoms with Crippen molar-refractivity contribution in [3.05, 3.63) is 35.4 Å². The summed E-state index contributed by atoms with van der Waals surface area (Å²) in [6.45, 7) is 1.30. The number of carbonyl (C=O) groups excluding carboxylic acids is 2. The lowest BCUT2D eigenvalue weighted by Gasteiger charge is -2.47. The Balaban J connectivity index is 1.78. The molecule has 0 aromatic heterocycles. The summed E-state index contributed by atoms with van der Waals surface area (Å²) in [6, 6.07) is 7.89. The van der Waals surface area contributed by atoms with Gasteiger partial charge < -0.3 is 10.2 Å². The van der Waals surface area contributed by atoms with Gasteiger partial charge >= 0.3 is 0 Å². The summed E-state index contributed by atoms with van der Waals surface area (Å²) in [5, 5.41) is 3.21. The largest absolute Gasteiger partial charge is 0.335 e. The maximum absolute atomic E-state index is 11.9. The van der Waals surface area contributed by atoms with Crippen LogP contribution in [0.4, 0.5) is 0 Å². The standard InChI is InChI=1S/C13H14N2O2/c16-8-10-4-2-1-3-9(10)6-15-7-11-5-12(14-11)13(15)17/h1-4,8,11-12,14H,5-7H2. The summed E-state index contributed by atoms with van der Waals surface area (Å²) >= 11 is 0. The highest BCUT2D eigenvalue weighted by atomic mass is 16.2. The molecule has 2 atom stereocenters. The lowest BCUT2D eigenvalue weighted by Crippen LogP contribution is -2.69. The van der Waals surface area contributed by atoms with Gasteiger partial charge in [0, 0.05) is 24.7 Å². The van der Waals surface area contributed by atoms with Gasteiger partial charge in [-0.2, -0.15) is 0 Å². The second kappa shape index (κ2) is 3.96. The van der Waals surface area contributed by atoms with E-state index in [4.69, 9.17) is 0 Å². The third-order valence-corrected chi connectivity index (χ3v) is 3.55. The summed E-state index contributed by atoms with van der Waals surface area (Å²) in [6.07, 6.45) is 1.81. The smallest absolute Gasteiger partial charge is 0.240 e. The molecule has 1 aromatic rings. The molecule has 3 aliphatic rings. The van der Waals surface area contributed by atoms with Gasteiger partial charge in [0.1, 0.15) is 6.29 Å². The summed E-state index contributed by atoms with van der Waals surface area (Å²) in [4.78, 5) is 24.7. The third kappa shape index (κ3) is 1.74. The van der Waals surface area contributed by atoms with Gasteiger partial charge in [-0.15, -0.1) is 0 Å². The lowest BCUT2D eigenvalue weighted by molar-refractivity contribution is -0.143. The zero-order valence-electron chi connectivity index (χ0n) is 9.43. The Labute approximate surface area is 99.6 Å². The van der Waals surface area contributed by atoms with Crippen LogP contribution < -0.4 is 5.32 Å². The van der Waals surface area contributed by atoms with E-state index in [1.807, 2.05) is 23.1 Å². The van der Waals surface area contributed by atoms with Crippen LogP contribution in [0.1, 0.15) is 22.3 Å². The molecule has 3 heterocycles. The Kier molecular flexibility index (Phi) is 2.44.